The quantitative estimate of drug-likeness (QED) is 0.842. The lowest BCUT2D eigenvalue weighted by molar-refractivity contribution is 0.0562. The number of hydrogen-bond acceptors (Lipinski definition) is 2. The van der Waals surface area contributed by atoms with Crippen LogP contribution in [0.15, 0.2) is 12.1 Å². The third kappa shape index (κ3) is 3.60. The number of aryl methyl sites for hydroxylation is 1. The van der Waals surface area contributed by atoms with Gasteiger partial charge in [0.05, 0.1) is 10.4 Å². The van der Waals surface area contributed by atoms with Gasteiger partial charge in [0.15, 0.2) is 0 Å². The molecule has 0 radical (unpaired) electrons. The Hall–Kier alpha value is -0.0500. The van der Waals surface area contributed by atoms with Gasteiger partial charge in [-0.1, -0.05) is 32.4 Å². The molecule has 1 aromatic heterocycles. The van der Waals surface area contributed by atoms with Crippen molar-refractivity contribution in [1.29, 1.82) is 0 Å². The highest BCUT2D eigenvalue weighted by molar-refractivity contribution is 7.16. The van der Waals surface area contributed by atoms with Crippen LogP contribution in [-0.4, -0.2) is 11.2 Å². The Balaban J connectivity index is 2.41. The zero-order valence-electron chi connectivity index (χ0n) is 8.88. The van der Waals surface area contributed by atoms with E-state index >= 15 is 0 Å². The van der Waals surface area contributed by atoms with Crippen LogP contribution >= 0.6 is 22.9 Å². The summed E-state index contributed by atoms with van der Waals surface area (Å²) in [5, 5.41) is 9.83. The Morgan fingerprint density at radius 2 is 2.07 bits per heavy atom. The lowest BCUT2D eigenvalue weighted by Gasteiger charge is -2.25. The van der Waals surface area contributed by atoms with Gasteiger partial charge in [0, 0.05) is 4.88 Å². The van der Waals surface area contributed by atoms with Crippen molar-refractivity contribution in [1.82, 2.24) is 0 Å². The Morgan fingerprint density at radius 1 is 1.43 bits per heavy atom. The summed E-state index contributed by atoms with van der Waals surface area (Å²) in [6.45, 7) is 6.16. The lowest BCUT2D eigenvalue weighted by atomic mass is 9.86. The fourth-order valence-corrected chi connectivity index (χ4v) is 2.30. The van der Waals surface area contributed by atoms with Gasteiger partial charge >= 0.3 is 0 Å². The molecule has 1 rings (SSSR count). The first-order valence-electron chi connectivity index (χ1n) is 4.82. The Labute approximate surface area is 94.7 Å². The zero-order valence-corrected chi connectivity index (χ0v) is 10.5. The second-order valence-corrected chi connectivity index (χ2v) is 6.43. The predicted octanol–water partition coefficient (Wildman–Crippen LogP) is 3.74. The van der Waals surface area contributed by atoms with E-state index in [4.69, 9.17) is 11.6 Å². The van der Waals surface area contributed by atoms with Crippen molar-refractivity contribution in [3.8, 4) is 0 Å². The van der Waals surface area contributed by atoms with Crippen molar-refractivity contribution in [3.05, 3.63) is 21.3 Å². The predicted molar refractivity (Wildman–Crippen MR) is 63.1 cm³/mol. The fraction of sp³-hybridized carbons (Fsp3) is 0.636. The number of rotatable bonds is 3. The van der Waals surface area contributed by atoms with Crippen LogP contribution in [0.25, 0.3) is 0 Å². The molecule has 0 aliphatic rings. The summed E-state index contributed by atoms with van der Waals surface area (Å²) in [7, 11) is 0. The van der Waals surface area contributed by atoms with E-state index in [2.05, 4.69) is 20.8 Å². The average molecular weight is 233 g/mol. The van der Waals surface area contributed by atoms with Crippen LogP contribution in [0.5, 0.6) is 0 Å². The van der Waals surface area contributed by atoms with Crippen LogP contribution in [0.1, 0.15) is 32.1 Å². The Morgan fingerprint density at radius 3 is 2.50 bits per heavy atom. The van der Waals surface area contributed by atoms with Crippen molar-refractivity contribution in [3.63, 3.8) is 0 Å². The normalized spacial score (nSPS) is 14.4. The number of thiophene rings is 1. The van der Waals surface area contributed by atoms with Crippen molar-refractivity contribution in [2.24, 2.45) is 5.41 Å². The van der Waals surface area contributed by atoms with Crippen LogP contribution in [-0.2, 0) is 6.42 Å². The number of aliphatic hydroxyl groups is 1. The monoisotopic (exact) mass is 232 g/mol. The van der Waals surface area contributed by atoms with Gasteiger partial charge in [0.2, 0.25) is 0 Å². The van der Waals surface area contributed by atoms with Gasteiger partial charge in [-0.2, -0.15) is 0 Å². The molecule has 0 aliphatic heterocycles. The summed E-state index contributed by atoms with van der Waals surface area (Å²) in [6, 6.07) is 3.94. The molecule has 1 nitrogen and oxygen atoms in total. The minimum atomic E-state index is -0.247. The molecule has 1 heterocycles. The van der Waals surface area contributed by atoms with E-state index in [1.165, 1.54) is 4.88 Å². The summed E-state index contributed by atoms with van der Waals surface area (Å²) in [4.78, 5) is 1.25. The maximum absolute atomic E-state index is 9.83. The van der Waals surface area contributed by atoms with Crippen LogP contribution in [0.4, 0.5) is 0 Å². The topological polar surface area (TPSA) is 20.2 Å². The standard InChI is InChI=1S/C11H17ClOS/c1-11(2,3)9(13)6-4-8-5-7-10(12)14-8/h5,7,9,13H,4,6H2,1-3H3. The molecule has 0 fully saturated rings. The summed E-state index contributed by atoms with van der Waals surface area (Å²) in [6.07, 6.45) is 1.47. The molecule has 3 heteroatoms. The van der Waals surface area contributed by atoms with E-state index in [1.54, 1.807) is 11.3 Å². The summed E-state index contributed by atoms with van der Waals surface area (Å²) in [5.74, 6) is 0. The molecule has 80 valence electrons. The van der Waals surface area contributed by atoms with Crippen molar-refractivity contribution < 1.29 is 5.11 Å². The van der Waals surface area contributed by atoms with Crippen molar-refractivity contribution >= 4 is 22.9 Å². The average Bonchev–Trinajstić information content (AvgIpc) is 2.45. The maximum Gasteiger partial charge on any atom is 0.0931 e. The third-order valence-corrected chi connectivity index (χ3v) is 3.58. The van der Waals surface area contributed by atoms with Crippen LogP contribution in [0.3, 0.4) is 0 Å². The fourth-order valence-electron chi connectivity index (χ4n) is 1.20. The molecule has 0 saturated heterocycles. The highest BCUT2D eigenvalue weighted by Gasteiger charge is 2.21. The highest BCUT2D eigenvalue weighted by Crippen LogP contribution is 2.26. The maximum atomic E-state index is 9.83. The molecule has 0 amide bonds. The number of hydrogen-bond donors (Lipinski definition) is 1. The third-order valence-electron chi connectivity index (χ3n) is 2.29. The molecule has 0 saturated carbocycles. The first kappa shape index (κ1) is 12.0. The first-order chi connectivity index (χ1) is 6.39. The van der Waals surface area contributed by atoms with Gasteiger partial charge in [-0.05, 0) is 30.4 Å². The second kappa shape index (κ2) is 4.65. The number of aliphatic hydroxyl groups excluding tert-OH is 1. The van der Waals surface area contributed by atoms with Crippen molar-refractivity contribution in [2.45, 2.75) is 39.7 Å². The Kier molecular flexibility index (Phi) is 3.99. The molecule has 0 aromatic carbocycles. The zero-order chi connectivity index (χ0) is 10.8. The van der Waals surface area contributed by atoms with E-state index in [0.29, 0.717) is 0 Å². The first-order valence-corrected chi connectivity index (χ1v) is 6.01. The second-order valence-electron chi connectivity index (χ2n) is 4.63. The molecule has 1 unspecified atom stereocenters. The van der Waals surface area contributed by atoms with E-state index in [0.717, 1.165) is 17.2 Å². The van der Waals surface area contributed by atoms with E-state index in [9.17, 15) is 5.11 Å². The molecule has 1 N–H and O–H groups in total. The van der Waals surface area contributed by atoms with Gasteiger partial charge in [-0.15, -0.1) is 11.3 Å². The van der Waals surface area contributed by atoms with E-state index < -0.39 is 0 Å². The molecular formula is C11H17ClOS. The molecule has 14 heavy (non-hydrogen) atoms. The molecule has 1 aromatic rings. The summed E-state index contributed by atoms with van der Waals surface area (Å²) in [5.41, 5.74) is -0.0267. The summed E-state index contributed by atoms with van der Waals surface area (Å²) < 4.78 is 0.824. The van der Waals surface area contributed by atoms with Crippen LogP contribution in [0.2, 0.25) is 4.34 Å². The van der Waals surface area contributed by atoms with Gasteiger partial charge in [0.25, 0.3) is 0 Å². The van der Waals surface area contributed by atoms with E-state index in [1.807, 2.05) is 12.1 Å². The number of halogens is 1. The Bertz CT molecular complexity index is 288. The van der Waals surface area contributed by atoms with Crippen molar-refractivity contribution in [2.75, 3.05) is 0 Å². The highest BCUT2D eigenvalue weighted by atomic mass is 35.5. The molecule has 1 atom stereocenters. The molecule has 0 spiro atoms. The van der Waals surface area contributed by atoms with Crippen LogP contribution in [0, 0.1) is 5.41 Å². The lowest BCUT2D eigenvalue weighted by Crippen LogP contribution is -2.26. The van der Waals surface area contributed by atoms with Gasteiger partial charge in [0.1, 0.15) is 0 Å². The van der Waals surface area contributed by atoms with Gasteiger partial charge in [-0.25, -0.2) is 0 Å². The van der Waals surface area contributed by atoms with Gasteiger partial charge < -0.3 is 5.11 Å². The minimum Gasteiger partial charge on any atom is -0.393 e. The SMILES string of the molecule is CC(C)(C)C(O)CCc1ccc(Cl)s1. The minimum absolute atomic E-state index is 0.0267. The molecule has 0 bridgehead atoms. The van der Waals surface area contributed by atoms with Crippen LogP contribution < -0.4 is 0 Å². The summed E-state index contributed by atoms with van der Waals surface area (Å²) >= 11 is 7.42. The van der Waals surface area contributed by atoms with E-state index in [-0.39, 0.29) is 11.5 Å². The largest absolute Gasteiger partial charge is 0.393 e. The molecular weight excluding hydrogens is 216 g/mol. The smallest absolute Gasteiger partial charge is 0.0931 e. The van der Waals surface area contributed by atoms with Gasteiger partial charge in [-0.3, -0.25) is 0 Å². The molecule has 0 aliphatic carbocycles.